The van der Waals surface area contributed by atoms with Crippen LogP contribution in [0.5, 0.6) is 0 Å². The first kappa shape index (κ1) is 13.4. The van der Waals surface area contributed by atoms with Crippen molar-refractivity contribution in [1.29, 1.82) is 0 Å². The van der Waals surface area contributed by atoms with E-state index in [2.05, 4.69) is 10.6 Å². The monoisotopic (exact) mass is 288 g/mol. The molecule has 4 amide bonds. The fourth-order valence-electron chi connectivity index (χ4n) is 2.75. The van der Waals surface area contributed by atoms with Crippen molar-refractivity contribution in [3.05, 3.63) is 29.3 Å². The summed E-state index contributed by atoms with van der Waals surface area (Å²) in [5.41, 5.74) is 6.79. The highest BCUT2D eigenvalue weighted by molar-refractivity contribution is 6.08. The number of amides is 4. The summed E-state index contributed by atoms with van der Waals surface area (Å²) in [6.07, 6.45) is 0.414. The van der Waals surface area contributed by atoms with Crippen molar-refractivity contribution < 1.29 is 14.4 Å². The summed E-state index contributed by atoms with van der Waals surface area (Å²) < 4.78 is 0. The van der Waals surface area contributed by atoms with E-state index in [0.717, 1.165) is 5.56 Å². The molecule has 1 unspecified atom stereocenters. The van der Waals surface area contributed by atoms with Crippen molar-refractivity contribution in [3.63, 3.8) is 0 Å². The Balaban J connectivity index is 1.80. The topological polar surface area (TPSA) is 105 Å². The van der Waals surface area contributed by atoms with Crippen LogP contribution in [-0.2, 0) is 4.79 Å². The molecule has 2 fully saturated rings. The Labute approximate surface area is 121 Å². The first-order chi connectivity index (χ1) is 9.91. The molecule has 1 spiro atoms. The SMILES string of the molecule is Cc1ccc(C(=O)N2CCC3(C2)NC(=O)NC3=O)cc1N. The van der Waals surface area contributed by atoms with Crippen molar-refractivity contribution in [2.45, 2.75) is 18.9 Å². The molecule has 2 heterocycles. The third-order valence-electron chi connectivity index (χ3n) is 4.10. The molecular weight excluding hydrogens is 272 g/mol. The molecule has 1 aromatic carbocycles. The Bertz CT molecular complexity index is 658. The summed E-state index contributed by atoms with van der Waals surface area (Å²) >= 11 is 0. The van der Waals surface area contributed by atoms with Gasteiger partial charge in [-0.15, -0.1) is 0 Å². The van der Waals surface area contributed by atoms with Crippen LogP contribution in [0.3, 0.4) is 0 Å². The normalized spacial score (nSPS) is 24.3. The first-order valence-electron chi connectivity index (χ1n) is 6.70. The van der Waals surface area contributed by atoms with Crippen molar-refractivity contribution in [2.24, 2.45) is 0 Å². The number of likely N-dealkylation sites (tertiary alicyclic amines) is 1. The Morgan fingerprint density at radius 2 is 2.14 bits per heavy atom. The summed E-state index contributed by atoms with van der Waals surface area (Å²) in [7, 11) is 0. The smallest absolute Gasteiger partial charge is 0.322 e. The second kappa shape index (κ2) is 4.47. The zero-order valence-corrected chi connectivity index (χ0v) is 11.6. The molecule has 7 nitrogen and oxygen atoms in total. The van der Waals surface area contributed by atoms with E-state index in [4.69, 9.17) is 5.73 Å². The van der Waals surface area contributed by atoms with Crippen LogP contribution in [-0.4, -0.2) is 41.4 Å². The van der Waals surface area contributed by atoms with Crippen LogP contribution in [0.25, 0.3) is 0 Å². The van der Waals surface area contributed by atoms with Gasteiger partial charge in [0.15, 0.2) is 0 Å². The Hall–Kier alpha value is -2.57. The number of benzene rings is 1. The quantitative estimate of drug-likeness (QED) is 0.500. The van der Waals surface area contributed by atoms with Gasteiger partial charge >= 0.3 is 6.03 Å². The molecule has 1 atom stereocenters. The Kier molecular flexibility index (Phi) is 2.86. The summed E-state index contributed by atoms with van der Waals surface area (Å²) in [6, 6.07) is 4.63. The number of nitrogens with two attached hydrogens (primary N) is 1. The zero-order chi connectivity index (χ0) is 15.2. The predicted octanol–water partition coefficient (Wildman–Crippen LogP) is 0.00132. The first-order valence-corrected chi connectivity index (χ1v) is 6.70. The fourth-order valence-corrected chi connectivity index (χ4v) is 2.75. The summed E-state index contributed by atoms with van der Waals surface area (Å²) in [5.74, 6) is -0.557. The summed E-state index contributed by atoms with van der Waals surface area (Å²) in [5, 5.41) is 4.84. The summed E-state index contributed by atoms with van der Waals surface area (Å²) in [6.45, 7) is 2.46. The van der Waals surface area contributed by atoms with E-state index >= 15 is 0 Å². The molecule has 0 aromatic heterocycles. The molecule has 4 N–H and O–H groups in total. The van der Waals surface area contributed by atoms with Gasteiger partial charge in [-0.2, -0.15) is 0 Å². The lowest BCUT2D eigenvalue weighted by Gasteiger charge is -2.21. The average molecular weight is 288 g/mol. The van der Waals surface area contributed by atoms with Crippen molar-refractivity contribution in [2.75, 3.05) is 18.8 Å². The Morgan fingerprint density at radius 1 is 1.38 bits per heavy atom. The van der Waals surface area contributed by atoms with Gasteiger partial charge < -0.3 is 16.0 Å². The molecule has 0 saturated carbocycles. The number of aryl methyl sites for hydroxylation is 1. The molecule has 2 aliphatic heterocycles. The number of hydrogen-bond donors (Lipinski definition) is 3. The number of nitrogen functional groups attached to an aromatic ring is 1. The summed E-state index contributed by atoms with van der Waals surface area (Å²) in [4.78, 5) is 37.2. The number of anilines is 1. The standard InChI is InChI=1S/C14H16N4O3/c1-8-2-3-9(6-10(8)15)11(19)18-5-4-14(7-18)12(20)16-13(21)17-14/h2-3,6H,4-5,7,15H2,1H3,(H2,16,17,20,21). The van der Waals surface area contributed by atoms with Crippen LogP contribution in [0.15, 0.2) is 18.2 Å². The maximum atomic E-state index is 12.5. The van der Waals surface area contributed by atoms with E-state index in [1.807, 2.05) is 6.92 Å². The van der Waals surface area contributed by atoms with E-state index in [1.54, 1.807) is 23.1 Å². The van der Waals surface area contributed by atoms with E-state index in [1.165, 1.54) is 0 Å². The van der Waals surface area contributed by atoms with Gasteiger partial charge in [-0.05, 0) is 31.0 Å². The number of carbonyl (C=O) groups excluding carboxylic acids is 3. The highest BCUT2D eigenvalue weighted by Crippen LogP contribution is 2.26. The second-order valence-electron chi connectivity index (χ2n) is 5.54. The molecule has 2 aliphatic rings. The van der Waals surface area contributed by atoms with Crippen LogP contribution >= 0.6 is 0 Å². The number of hydrogen-bond acceptors (Lipinski definition) is 4. The molecule has 7 heteroatoms. The minimum Gasteiger partial charge on any atom is -0.398 e. The molecule has 3 rings (SSSR count). The van der Waals surface area contributed by atoms with Gasteiger partial charge in [0.25, 0.3) is 11.8 Å². The third-order valence-corrected chi connectivity index (χ3v) is 4.10. The lowest BCUT2D eigenvalue weighted by molar-refractivity contribution is -0.123. The third kappa shape index (κ3) is 2.10. The lowest BCUT2D eigenvalue weighted by Crippen LogP contribution is -2.49. The molecular formula is C14H16N4O3. The fraction of sp³-hybridized carbons (Fsp3) is 0.357. The molecule has 110 valence electrons. The molecule has 21 heavy (non-hydrogen) atoms. The zero-order valence-electron chi connectivity index (χ0n) is 11.6. The van der Waals surface area contributed by atoms with E-state index in [9.17, 15) is 14.4 Å². The van der Waals surface area contributed by atoms with Crippen LogP contribution in [0, 0.1) is 6.92 Å². The maximum absolute atomic E-state index is 12.5. The van der Waals surface area contributed by atoms with Gasteiger partial charge in [-0.3, -0.25) is 14.9 Å². The predicted molar refractivity (Wildman–Crippen MR) is 75.5 cm³/mol. The van der Waals surface area contributed by atoms with Gasteiger partial charge in [0, 0.05) is 17.8 Å². The minimum absolute atomic E-state index is 0.178. The number of imide groups is 1. The van der Waals surface area contributed by atoms with Crippen LogP contribution in [0.1, 0.15) is 22.3 Å². The van der Waals surface area contributed by atoms with Crippen LogP contribution in [0.2, 0.25) is 0 Å². The molecule has 0 aliphatic carbocycles. The second-order valence-corrected chi connectivity index (χ2v) is 5.54. The van der Waals surface area contributed by atoms with E-state index in [-0.39, 0.29) is 18.4 Å². The van der Waals surface area contributed by atoms with Gasteiger partial charge in [-0.25, -0.2) is 4.79 Å². The molecule has 1 aromatic rings. The van der Waals surface area contributed by atoms with Gasteiger partial charge in [-0.1, -0.05) is 6.07 Å². The van der Waals surface area contributed by atoms with Crippen molar-refractivity contribution in [3.8, 4) is 0 Å². The molecule has 0 radical (unpaired) electrons. The van der Waals surface area contributed by atoms with E-state index in [0.29, 0.717) is 24.2 Å². The number of rotatable bonds is 1. The maximum Gasteiger partial charge on any atom is 0.322 e. The minimum atomic E-state index is -0.983. The van der Waals surface area contributed by atoms with Crippen molar-refractivity contribution in [1.82, 2.24) is 15.5 Å². The molecule has 2 saturated heterocycles. The highest BCUT2D eigenvalue weighted by Gasteiger charge is 2.51. The number of nitrogens with zero attached hydrogens (tertiary/aromatic N) is 1. The average Bonchev–Trinajstić information content (AvgIpc) is 2.97. The van der Waals surface area contributed by atoms with E-state index < -0.39 is 11.6 Å². The number of urea groups is 1. The largest absolute Gasteiger partial charge is 0.398 e. The number of carbonyl (C=O) groups is 3. The Morgan fingerprint density at radius 3 is 2.76 bits per heavy atom. The van der Waals surface area contributed by atoms with Crippen LogP contribution < -0.4 is 16.4 Å². The van der Waals surface area contributed by atoms with Gasteiger partial charge in [0.1, 0.15) is 5.54 Å². The van der Waals surface area contributed by atoms with Gasteiger partial charge in [0.2, 0.25) is 0 Å². The lowest BCUT2D eigenvalue weighted by atomic mass is 9.99. The number of nitrogens with one attached hydrogen (secondary N) is 2. The highest BCUT2D eigenvalue weighted by atomic mass is 16.2. The van der Waals surface area contributed by atoms with Crippen LogP contribution in [0.4, 0.5) is 10.5 Å². The van der Waals surface area contributed by atoms with Gasteiger partial charge in [0.05, 0.1) is 6.54 Å². The van der Waals surface area contributed by atoms with Crippen molar-refractivity contribution >= 4 is 23.5 Å². The molecule has 0 bridgehead atoms.